The van der Waals surface area contributed by atoms with Gasteiger partial charge in [0, 0.05) is 18.0 Å². The molecular weight excluding hydrogens is 288 g/mol. The van der Waals surface area contributed by atoms with Gasteiger partial charge in [0.25, 0.3) is 11.9 Å². The number of imidazole rings is 1. The molecule has 0 radical (unpaired) electrons. The van der Waals surface area contributed by atoms with Gasteiger partial charge in [-0.2, -0.15) is 0 Å². The second-order valence-corrected chi connectivity index (χ2v) is 5.19. The van der Waals surface area contributed by atoms with E-state index in [1.165, 1.54) is 10.8 Å². The van der Waals surface area contributed by atoms with Crippen LogP contribution in [0.15, 0.2) is 71.2 Å². The summed E-state index contributed by atoms with van der Waals surface area (Å²) in [5.41, 5.74) is 3.55. The molecule has 0 aliphatic carbocycles. The molecule has 3 rings (SSSR count). The van der Waals surface area contributed by atoms with Gasteiger partial charge in [-0.3, -0.25) is 4.79 Å². The first-order chi connectivity index (χ1) is 11.2. The fraction of sp³-hybridized carbons (Fsp3) is 0.111. The van der Waals surface area contributed by atoms with Crippen molar-refractivity contribution in [1.82, 2.24) is 9.55 Å². The van der Waals surface area contributed by atoms with Crippen molar-refractivity contribution in [2.45, 2.75) is 13.8 Å². The number of benzene rings is 2. The first kappa shape index (κ1) is 14.8. The summed E-state index contributed by atoms with van der Waals surface area (Å²) in [5, 5.41) is 8.38. The predicted octanol–water partition coefficient (Wildman–Crippen LogP) is 4.60. The molecule has 0 unspecified atom stereocenters. The lowest BCUT2D eigenvalue weighted by molar-refractivity contribution is 0.0961. The van der Waals surface area contributed by atoms with Crippen molar-refractivity contribution in [3.63, 3.8) is 0 Å². The molecule has 0 atom stereocenters. The summed E-state index contributed by atoms with van der Waals surface area (Å²) in [6.07, 6.45) is 3.13. The van der Waals surface area contributed by atoms with E-state index in [2.05, 4.69) is 15.2 Å². The van der Waals surface area contributed by atoms with Crippen LogP contribution >= 0.6 is 0 Å². The van der Waals surface area contributed by atoms with Crippen LogP contribution in [0.3, 0.4) is 0 Å². The van der Waals surface area contributed by atoms with Gasteiger partial charge < -0.3 is 0 Å². The van der Waals surface area contributed by atoms with Crippen molar-refractivity contribution in [2.24, 2.45) is 10.2 Å². The fourth-order valence-electron chi connectivity index (χ4n) is 2.19. The Balaban J connectivity index is 1.91. The van der Waals surface area contributed by atoms with E-state index >= 15 is 0 Å². The third kappa shape index (κ3) is 3.08. The zero-order valence-corrected chi connectivity index (χ0v) is 13.0. The van der Waals surface area contributed by atoms with Crippen LogP contribution in [0.4, 0.5) is 11.6 Å². The van der Waals surface area contributed by atoms with Crippen LogP contribution in [0, 0.1) is 13.8 Å². The van der Waals surface area contributed by atoms with Gasteiger partial charge in [-0.15, -0.1) is 10.2 Å². The smallest absolute Gasteiger partial charge is 0.264 e. The van der Waals surface area contributed by atoms with E-state index in [4.69, 9.17) is 0 Å². The number of carbonyl (C=O) groups excluding carboxylic acids is 1. The highest BCUT2D eigenvalue weighted by Gasteiger charge is 2.12. The minimum Gasteiger partial charge on any atom is -0.268 e. The third-order valence-corrected chi connectivity index (χ3v) is 3.68. The van der Waals surface area contributed by atoms with E-state index in [0.29, 0.717) is 5.56 Å². The number of rotatable bonds is 3. The highest BCUT2D eigenvalue weighted by Crippen LogP contribution is 2.23. The van der Waals surface area contributed by atoms with Crippen molar-refractivity contribution < 1.29 is 4.79 Å². The number of hydrogen-bond acceptors (Lipinski definition) is 4. The zero-order chi connectivity index (χ0) is 16.2. The summed E-state index contributed by atoms with van der Waals surface area (Å²) in [6.45, 7) is 4.01. The van der Waals surface area contributed by atoms with Crippen LogP contribution in [0.2, 0.25) is 0 Å². The highest BCUT2D eigenvalue weighted by atomic mass is 16.2. The average molecular weight is 304 g/mol. The minimum atomic E-state index is -0.182. The van der Waals surface area contributed by atoms with Gasteiger partial charge in [-0.25, -0.2) is 9.55 Å². The molecule has 0 saturated heterocycles. The van der Waals surface area contributed by atoms with Gasteiger partial charge in [0.15, 0.2) is 0 Å². The van der Waals surface area contributed by atoms with Gasteiger partial charge in [0.2, 0.25) is 0 Å². The van der Waals surface area contributed by atoms with E-state index in [1.54, 1.807) is 18.3 Å². The topological polar surface area (TPSA) is 59.6 Å². The molecule has 23 heavy (non-hydrogen) atoms. The lowest BCUT2D eigenvalue weighted by atomic mass is 10.1. The summed E-state index contributed by atoms with van der Waals surface area (Å²) in [4.78, 5) is 16.6. The maximum atomic E-state index is 12.5. The Morgan fingerprint density at radius 3 is 2.57 bits per heavy atom. The third-order valence-electron chi connectivity index (χ3n) is 3.68. The molecule has 5 heteroatoms. The lowest BCUT2D eigenvalue weighted by Crippen LogP contribution is -2.10. The quantitative estimate of drug-likeness (QED) is 0.664. The number of hydrogen-bond donors (Lipinski definition) is 0. The highest BCUT2D eigenvalue weighted by molar-refractivity contribution is 5.97. The first-order valence-electron chi connectivity index (χ1n) is 7.28. The van der Waals surface area contributed by atoms with Crippen molar-refractivity contribution in [1.29, 1.82) is 0 Å². The maximum absolute atomic E-state index is 12.5. The molecule has 0 amide bonds. The molecule has 0 spiro atoms. The van der Waals surface area contributed by atoms with Crippen LogP contribution < -0.4 is 0 Å². The molecule has 3 aromatic rings. The van der Waals surface area contributed by atoms with Crippen LogP contribution in [0.5, 0.6) is 0 Å². The first-order valence-corrected chi connectivity index (χ1v) is 7.28. The monoisotopic (exact) mass is 304 g/mol. The summed E-state index contributed by atoms with van der Waals surface area (Å²) >= 11 is 0. The maximum Gasteiger partial charge on any atom is 0.264 e. The number of azo groups is 1. The molecule has 0 fully saturated rings. The molecule has 0 aliphatic heterocycles. The van der Waals surface area contributed by atoms with E-state index in [-0.39, 0.29) is 11.9 Å². The van der Waals surface area contributed by atoms with E-state index in [0.717, 1.165) is 16.8 Å². The molecule has 0 saturated carbocycles. The summed E-state index contributed by atoms with van der Waals surface area (Å²) in [6, 6.07) is 14.9. The van der Waals surface area contributed by atoms with E-state index < -0.39 is 0 Å². The lowest BCUT2D eigenvalue weighted by Gasteiger charge is -2.04. The predicted molar refractivity (Wildman–Crippen MR) is 88.5 cm³/mol. The molecule has 0 N–H and O–H groups in total. The van der Waals surface area contributed by atoms with E-state index in [1.807, 2.05) is 50.2 Å². The summed E-state index contributed by atoms with van der Waals surface area (Å²) in [5.74, 6) is 0.0813. The Morgan fingerprint density at radius 1 is 1.00 bits per heavy atom. The van der Waals surface area contributed by atoms with Crippen LogP contribution in [-0.2, 0) is 0 Å². The Hall–Kier alpha value is -3.08. The number of nitrogens with zero attached hydrogens (tertiary/aromatic N) is 4. The Bertz CT molecular complexity index is 866. The fourth-order valence-corrected chi connectivity index (χ4v) is 2.19. The Morgan fingerprint density at radius 2 is 1.78 bits per heavy atom. The molecule has 0 aliphatic rings. The molecule has 0 bridgehead atoms. The standard InChI is InChI=1S/C18H16N4O/c1-13-7-6-10-16(14(13)2)20-21-18-19-11-12-22(18)17(23)15-8-4-3-5-9-15/h3-12H,1-2H3. The van der Waals surface area contributed by atoms with Gasteiger partial charge in [0.05, 0.1) is 5.69 Å². The average Bonchev–Trinajstić information content (AvgIpc) is 3.05. The number of carbonyl (C=O) groups is 1. The van der Waals surface area contributed by atoms with Crippen molar-refractivity contribution in [2.75, 3.05) is 0 Å². The summed E-state index contributed by atoms with van der Waals surface area (Å²) < 4.78 is 1.39. The minimum absolute atomic E-state index is 0.182. The molecule has 1 aromatic heterocycles. The molecular formula is C18H16N4O. The molecule has 1 heterocycles. The zero-order valence-electron chi connectivity index (χ0n) is 13.0. The molecule has 114 valence electrons. The van der Waals surface area contributed by atoms with Gasteiger partial charge in [-0.1, -0.05) is 30.3 Å². The largest absolute Gasteiger partial charge is 0.268 e. The van der Waals surface area contributed by atoms with E-state index in [9.17, 15) is 4.79 Å². The number of aryl methyl sites for hydroxylation is 1. The van der Waals surface area contributed by atoms with Crippen molar-refractivity contribution in [3.05, 3.63) is 77.6 Å². The second-order valence-electron chi connectivity index (χ2n) is 5.19. The number of aromatic nitrogens is 2. The van der Waals surface area contributed by atoms with Crippen LogP contribution in [0.25, 0.3) is 0 Å². The SMILES string of the molecule is Cc1cccc(N=Nc2nccn2C(=O)c2ccccc2)c1C. The van der Waals surface area contributed by atoms with Gasteiger partial charge in [0.1, 0.15) is 0 Å². The normalized spacial score (nSPS) is 11.0. The second kappa shape index (κ2) is 6.36. The summed E-state index contributed by atoms with van der Waals surface area (Å²) in [7, 11) is 0. The molecule has 2 aromatic carbocycles. The Kier molecular flexibility index (Phi) is 4.10. The molecule has 5 nitrogen and oxygen atoms in total. The van der Waals surface area contributed by atoms with Crippen molar-refractivity contribution >= 4 is 17.5 Å². The van der Waals surface area contributed by atoms with Gasteiger partial charge in [-0.05, 0) is 43.2 Å². The Labute approximate surface area is 134 Å². The van der Waals surface area contributed by atoms with Gasteiger partial charge >= 0.3 is 0 Å². The van der Waals surface area contributed by atoms with Crippen molar-refractivity contribution in [3.8, 4) is 0 Å². The van der Waals surface area contributed by atoms with Crippen LogP contribution in [0.1, 0.15) is 21.5 Å². The van der Waals surface area contributed by atoms with Crippen LogP contribution in [-0.4, -0.2) is 15.5 Å².